The van der Waals surface area contributed by atoms with Gasteiger partial charge in [0.25, 0.3) is 0 Å². The number of ether oxygens (including phenoxy) is 1. The van der Waals surface area contributed by atoms with Crippen LogP contribution in [-0.2, 0) is 0 Å². The Bertz CT molecular complexity index is 362. The van der Waals surface area contributed by atoms with Gasteiger partial charge in [0.1, 0.15) is 11.9 Å². The Labute approximate surface area is 98.0 Å². The molecule has 1 aromatic carbocycles. The summed E-state index contributed by atoms with van der Waals surface area (Å²) in [5.41, 5.74) is 2.58. The van der Waals surface area contributed by atoms with Crippen LogP contribution in [0, 0.1) is 13.8 Å². The van der Waals surface area contributed by atoms with E-state index in [4.69, 9.17) is 4.74 Å². The van der Waals surface area contributed by atoms with E-state index in [1.165, 1.54) is 11.1 Å². The van der Waals surface area contributed by atoms with Gasteiger partial charge in [-0.15, -0.1) is 0 Å². The summed E-state index contributed by atoms with van der Waals surface area (Å²) in [6, 6.07) is 6.86. The fourth-order valence-corrected chi connectivity index (χ4v) is 2.22. The highest BCUT2D eigenvalue weighted by Gasteiger charge is 2.20. The molecule has 0 saturated carbocycles. The minimum Gasteiger partial charge on any atom is -0.490 e. The maximum Gasteiger partial charge on any atom is 0.122 e. The van der Waals surface area contributed by atoms with Gasteiger partial charge < -0.3 is 10.1 Å². The molecule has 0 bridgehead atoms. The number of piperidine rings is 1. The second-order valence-electron chi connectivity index (χ2n) is 4.82. The first-order valence-corrected chi connectivity index (χ1v) is 6.13. The Kier molecular flexibility index (Phi) is 3.49. The molecule has 1 N–H and O–H groups in total. The van der Waals surface area contributed by atoms with Crippen LogP contribution in [0.15, 0.2) is 18.2 Å². The summed E-state index contributed by atoms with van der Waals surface area (Å²) in [5.74, 6) is 1.05. The normalized spacial score (nSPS) is 25.4. The van der Waals surface area contributed by atoms with Gasteiger partial charge >= 0.3 is 0 Å². The lowest BCUT2D eigenvalue weighted by Crippen LogP contribution is -2.40. The second-order valence-corrected chi connectivity index (χ2v) is 4.82. The third-order valence-electron chi connectivity index (χ3n) is 3.42. The van der Waals surface area contributed by atoms with Crippen molar-refractivity contribution in [3.05, 3.63) is 29.3 Å². The summed E-state index contributed by atoms with van der Waals surface area (Å²) in [4.78, 5) is 0. The monoisotopic (exact) mass is 219 g/mol. The molecular formula is C14H21NO. The Morgan fingerprint density at radius 3 is 2.88 bits per heavy atom. The molecule has 2 heteroatoms. The van der Waals surface area contributed by atoms with Crippen LogP contribution in [0.25, 0.3) is 0 Å². The SMILES string of the molecule is Cc1cccc(OC2CCNC(C)C2)c1C. The molecule has 1 aliphatic heterocycles. The summed E-state index contributed by atoms with van der Waals surface area (Å²) in [6.45, 7) is 7.55. The minimum absolute atomic E-state index is 0.372. The van der Waals surface area contributed by atoms with Gasteiger partial charge in [0.2, 0.25) is 0 Å². The average molecular weight is 219 g/mol. The fourth-order valence-electron chi connectivity index (χ4n) is 2.22. The molecule has 0 aromatic heterocycles. The van der Waals surface area contributed by atoms with Crippen molar-refractivity contribution in [3.8, 4) is 5.75 Å². The highest BCUT2D eigenvalue weighted by Crippen LogP contribution is 2.24. The smallest absolute Gasteiger partial charge is 0.122 e. The van der Waals surface area contributed by atoms with E-state index < -0.39 is 0 Å². The Morgan fingerprint density at radius 1 is 1.31 bits per heavy atom. The molecule has 2 nitrogen and oxygen atoms in total. The van der Waals surface area contributed by atoms with Crippen molar-refractivity contribution in [2.24, 2.45) is 0 Å². The fraction of sp³-hybridized carbons (Fsp3) is 0.571. The molecule has 1 aliphatic rings. The molecule has 1 aromatic rings. The molecule has 2 unspecified atom stereocenters. The van der Waals surface area contributed by atoms with Crippen LogP contribution in [0.3, 0.4) is 0 Å². The molecule has 0 radical (unpaired) electrons. The molecule has 2 atom stereocenters. The van der Waals surface area contributed by atoms with E-state index in [1.54, 1.807) is 0 Å². The minimum atomic E-state index is 0.372. The summed E-state index contributed by atoms with van der Waals surface area (Å²) >= 11 is 0. The van der Waals surface area contributed by atoms with Gasteiger partial charge in [-0.1, -0.05) is 12.1 Å². The third kappa shape index (κ3) is 2.56. The van der Waals surface area contributed by atoms with E-state index in [0.717, 1.165) is 25.1 Å². The van der Waals surface area contributed by atoms with Crippen LogP contribution in [-0.4, -0.2) is 18.7 Å². The van der Waals surface area contributed by atoms with Crippen molar-refractivity contribution in [1.82, 2.24) is 5.32 Å². The largest absolute Gasteiger partial charge is 0.490 e. The van der Waals surface area contributed by atoms with Gasteiger partial charge in [-0.2, -0.15) is 0 Å². The number of nitrogens with one attached hydrogen (secondary N) is 1. The summed E-state index contributed by atoms with van der Waals surface area (Å²) < 4.78 is 6.10. The third-order valence-corrected chi connectivity index (χ3v) is 3.42. The van der Waals surface area contributed by atoms with Gasteiger partial charge in [0, 0.05) is 6.04 Å². The van der Waals surface area contributed by atoms with Crippen molar-refractivity contribution in [2.75, 3.05) is 6.54 Å². The molecule has 0 amide bonds. The van der Waals surface area contributed by atoms with E-state index in [0.29, 0.717) is 12.1 Å². The standard InChI is InChI=1S/C14H21NO/c1-10-5-4-6-14(12(10)3)16-13-7-8-15-11(2)9-13/h4-6,11,13,15H,7-9H2,1-3H3. The van der Waals surface area contributed by atoms with E-state index in [1.807, 2.05) is 0 Å². The Balaban J connectivity index is 2.05. The number of benzene rings is 1. The van der Waals surface area contributed by atoms with Gasteiger partial charge in [0.05, 0.1) is 0 Å². The first-order valence-electron chi connectivity index (χ1n) is 6.13. The van der Waals surface area contributed by atoms with Crippen LogP contribution in [0.2, 0.25) is 0 Å². The predicted octanol–water partition coefficient (Wildman–Crippen LogP) is 2.82. The molecule has 88 valence electrons. The molecule has 1 saturated heterocycles. The van der Waals surface area contributed by atoms with Gasteiger partial charge in [-0.3, -0.25) is 0 Å². The molecular weight excluding hydrogens is 198 g/mol. The lowest BCUT2D eigenvalue weighted by molar-refractivity contribution is 0.143. The first kappa shape index (κ1) is 11.5. The van der Waals surface area contributed by atoms with E-state index in [2.05, 4.69) is 44.3 Å². The van der Waals surface area contributed by atoms with Crippen LogP contribution in [0.5, 0.6) is 5.75 Å². The number of rotatable bonds is 2. The number of aryl methyl sites for hydroxylation is 1. The molecule has 0 aliphatic carbocycles. The maximum atomic E-state index is 6.10. The van der Waals surface area contributed by atoms with Gasteiger partial charge in [0.15, 0.2) is 0 Å². The molecule has 1 fully saturated rings. The van der Waals surface area contributed by atoms with Crippen molar-refractivity contribution in [2.45, 2.75) is 45.8 Å². The first-order chi connectivity index (χ1) is 7.66. The van der Waals surface area contributed by atoms with Gasteiger partial charge in [-0.25, -0.2) is 0 Å². The second kappa shape index (κ2) is 4.88. The molecule has 16 heavy (non-hydrogen) atoms. The Hall–Kier alpha value is -1.02. The topological polar surface area (TPSA) is 21.3 Å². The van der Waals surface area contributed by atoms with E-state index in [-0.39, 0.29) is 0 Å². The van der Waals surface area contributed by atoms with Crippen LogP contribution in [0.4, 0.5) is 0 Å². The quantitative estimate of drug-likeness (QED) is 0.826. The molecule has 0 spiro atoms. The number of hydrogen-bond donors (Lipinski definition) is 1. The lowest BCUT2D eigenvalue weighted by Gasteiger charge is -2.29. The average Bonchev–Trinajstić information content (AvgIpc) is 2.25. The number of hydrogen-bond acceptors (Lipinski definition) is 2. The zero-order valence-electron chi connectivity index (χ0n) is 10.4. The van der Waals surface area contributed by atoms with Crippen molar-refractivity contribution < 1.29 is 4.74 Å². The molecule has 1 heterocycles. The van der Waals surface area contributed by atoms with Crippen molar-refractivity contribution in [3.63, 3.8) is 0 Å². The summed E-state index contributed by atoms with van der Waals surface area (Å²) in [6.07, 6.45) is 2.59. The van der Waals surface area contributed by atoms with E-state index >= 15 is 0 Å². The van der Waals surface area contributed by atoms with Crippen molar-refractivity contribution >= 4 is 0 Å². The summed E-state index contributed by atoms with van der Waals surface area (Å²) in [5, 5.41) is 3.44. The highest BCUT2D eigenvalue weighted by atomic mass is 16.5. The van der Waals surface area contributed by atoms with Crippen molar-refractivity contribution in [1.29, 1.82) is 0 Å². The van der Waals surface area contributed by atoms with Crippen LogP contribution in [0.1, 0.15) is 30.9 Å². The highest BCUT2D eigenvalue weighted by molar-refractivity contribution is 5.38. The zero-order chi connectivity index (χ0) is 11.5. The maximum absolute atomic E-state index is 6.10. The van der Waals surface area contributed by atoms with Crippen LogP contribution >= 0.6 is 0 Å². The van der Waals surface area contributed by atoms with Crippen LogP contribution < -0.4 is 10.1 Å². The summed E-state index contributed by atoms with van der Waals surface area (Å²) in [7, 11) is 0. The van der Waals surface area contributed by atoms with E-state index in [9.17, 15) is 0 Å². The molecule has 2 rings (SSSR count). The zero-order valence-corrected chi connectivity index (χ0v) is 10.4. The Morgan fingerprint density at radius 2 is 2.12 bits per heavy atom. The predicted molar refractivity (Wildman–Crippen MR) is 67.0 cm³/mol. The van der Waals surface area contributed by atoms with Gasteiger partial charge in [-0.05, 0) is 57.4 Å². The lowest BCUT2D eigenvalue weighted by atomic mass is 10.0.